The van der Waals surface area contributed by atoms with E-state index in [1.807, 2.05) is 6.07 Å². The van der Waals surface area contributed by atoms with Crippen LogP contribution in [0.5, 0.6) is 0 Å². The normalized spacial score (nSPS) is 12.7. The first-order valence-corrected chi connectivity index (χ1v) is 6.78. The van der Waals surface area contributed by atoms with Crippen LogP contribution in [0.4, 0.5) is 8.78 Å². The number of rotatable bonds is 4. The molecule has 2 aromatic carbocycles. The number of aliphatic hydroxyl groups excluding tert-OH is 2. The van der Waals surface area contributed by atoms with E-state index in [2.05, 4.69) is 4.98 Å². The molecule has 0 fully saturated rings. The second-order valence-corrected chi connectivity index (χ2v) is 4.97. The summed E-state index contributed by atoms with van der Waals surface area (Å²) in [5, 5.41) is 19.6. The molecule has 0 aliphatic carbocycles. The minimum atomic E-state index is -1.25. The van der Waals surface area contributed by atoms with E-state index in [0.717, 1.165) is 18.2 Å². The maximum Gasteiger partial charge on any atom is 0.135 e. The fraction of sp³-hybridized carbons (Fsp3) is 0.188. The van der Waals surface area contributed by atoms with Crippen LogP contribution in [0.1, 0.15) is 17.5 Å². The Morgan fingerprint density at radius 1 is 1.14 bits per heavy atom. The van der Waals surface area contributed by atoms with Crippen molar-refractivity contribution < 1.29 is 19.0 Å². The summed E-state index contributed by atoms with van der Waals surface area (Å²) in [6.07, 6.45) is -1.25. The van der Waals surface area contributed by atoms with Crippen molar-refractivity contribution in [3.63, 3.8) is 0 Å². The minimum absolute atomic E-state index is 0.0310. The summed E-state index contributed by atoms with van der Waals surface area (Å²) in [7, 11) is 0. The molecule has 6 heteroatoms. The summed E-state index contributed by atoms with van der Waals surface area (Å²) in [6, 6.07) is 10.1. The Kier molecular flexibility index (Phi) is 3.87. The minimum Gasteiger partial charge on any atom is -0.388 e. The van der Waals surface area contributed by atoms with Crippen molar-refractivity contribution in [2.24, 2.45) is 0 Å². The van der Waals surface area contributed by atoms with Crippen LogP contribution in [0.15, 0.2) is 42.5 Å². The lowest BCUT2D eigenvalue weighted by molar-refractivity contribution is 0.149. The van der Waals surface area contributed by atoms with E-state index < -0.39 is 17.7 Å². The molecule has 0 aliphatic rings. The Balaban J connectivity index is 2.00. The van der Waals surface area contributed by atoms with Gasteiger partial charge in [0.2, 0.25) is 0 Å². The molecular formula is C16H14F2N2O2. The van der Waals surface area contributed by atoms with Crippen LogP contribution in [-0.4, -0.2) is 19.8 Å². The molecule has 2 N–H and O–H groups in total. The number of benzene rings is 2. The molecule has 1 atom stereocenters. The zero-order valence-corrected chi connectivity index (χ0v) is 11.6. The predicted octanol–water partition coefficient (Wildman–Crippen LogP) is 2.54. The quantitative estimate of drug-likeness (QED) is 0.779. The Morgan fingerprint density at radius 3 is 2.68 bits per heavy atom. The van der Waals surface area contributed by atoms with Gasteiger partial charge in [0.1, 0.15) is 24.1 Å². The van der Waals surface area contributed by atoms with Crippen molar-refractivity contribution in [1.82, 2.24) is 9.55 Å². The second kappa shape index (κ2) is 5.82. The molecule has 1 aromatic heterocycles. The van der Waals surface area contributed by atoms with Crippen LogP contribution < -0.4 is 0 Å². The number of halogens is 2. The van der Waals surface area contributed by atoms with E-state index in [0.29, 0.717) is 16.9 Å². The van der Waals surface area contributed by atoms with Crippen molar-refractivity contribution in [2.45, 2.75) is 19.3 Å². The van der Waals surface area contributed by atoms with Gasteiger partial charge in [0.05, 0.1) is 23.7 Å². The molecule has 0 aliphatic heterocycles. The van der Waals surface area contributed by atoms with E-state index in [9.17, 15) is 19.0 Å². The zero-order chi connectivity index (χ0) is 15.7. The van der Waals surface area contributed by atoms with Crippen LogP contribution >= 0.6 is 0 Å². The standard InChI is InChI=1S/C16H14F2N2O2/c17-10-5-6-12(18)11(7-10)15(22)8-20-14-4-2-1-3-13(14)19-16(20)9-21/h1-7,15,21-22H,8-9H2. The van der Waals surface area contributed by atoms with E-state index in [1.165, 1.54) is 0 Å². The molecule has 114 valence electrons. The topological polar surface area (TPSA) is 58.3 Å². The van der Waals surface area contributed by atoms with Crippen LogP contribution in [0.3, 0.4) is 0 Å². The lowest BCUT2D eigenvalue weighted by Crippen LogP contribution is -2.13. The molecule has 0 spiro atoms. The number of aromatic nitrogens is 2. The monoisotopic (exact) mass is 304 g/mol. The van der Waals surface area contributed by atoms with Crippen molar-refractivity contribution >= 4 is 11.0 Å². The highest BCUT2D eigenvalue weighted by Gasteiger charge is 2.18. The van der Waals surface area contributed by atoms with Gasteiger partial charge in [0.15, 0.2) is 0 Å². The number of para-hydroxylation sites is 2. The average molecular weight is 304 g/mol. The number of fused-ring (bicyclic) bond motifs is 1. The van der Waals surface area contributed by atoms with Gasteiger partial charge in [-0.25, -0.2) is 13.8 Å². The molecular weight excluding hydrogens is 290 g/mol. The fourth-order valence-electron chi connectivity index (χ4n) is 2.49. The van der Waals surface area contributed by atoms with Gasteiger partial charge in [-0.3, -0.25) is 0 Å². The third kappa shape index (κ3) is 2.58. The van der Waals surface area contributed by atoms with Gasteiger partial charge < -0.3 is 14.8 Å². The van der Waals surface area contributed by atoms with Gasteiger partial charge in [0, 0.05) is 5.56 Å². The molecule has 3 aromatic rings. The van der Waals surface area contributed by atoms with Crippen LogP contribution in [0.25, 0.3) is 11.0 Å². The van der Waals surface area contributed by atoms with Crippen molar-refractivity contribution in [1.29, 1.82) is 0 Å². The largest absolute Gasteiger partial charge is 0.388 e. The highest BCUT2D eigenvalue weighted by Crippen LogP contribution is 2.23. The molecule has 0 saturated carbocycles. The van der Waals surface area contributed by atoms with Crippen molar-refractivity contribution in [3.8, 4) is 0 Å². The molecule has 1 unspecified atom stereocenters. The maximum absolute atomic E-state index is 13.7. The van der Waals surface area contributed by atoms with E-state index in [4.69, 9.17) is 0 Å². The lowest BCUT2D eigenvalue weighted by Gasteiger charge is -2.15. The summed E-state index contributed by atoms with van der Waals surface area (Å²) in [6.45, 7) is -0.343. The number of nitrogens with zero attached hydrogens (tertiary/aromatic N) is 2. The first-order chi connectivity index (χ1) is 10.6. The smallest absolute Gasteiger partial charge is 0.135 e. The van der Waals surface area contributed by atoms with Crippen LogP contribution in [0, 0.1) is 11.6 Å². The third-order valence-corrected chi connectivity index (χ3v) is 3.55. The van der Waals surface area contributed by atoms with Gasteiger partial charge in [0.25, 0.3) is 0 Å². The molecule has 3 rings (SSSR count). The van der Waals surface area contributed by atoms with Gasteiger partial charge in [-0.1, -0.05) is 12.1 Å². The zero-order valence-electron chi connectivity index (χ0n) is 11.6. The van der Waals surface area contributed by atoms with Gasteiger partial charge in [-0.2, -0.15) is 0 Å². The van der Waals surface area contributed by atoms with E-state index >= 15 is 0 Å². The predicted molar refractivity (Wildman–Crippen MR) is 77.0 cm³/mol. The van der Waals surface area contributed by atoms with Crippen molar-refractivity contribution in [3.05, 3.63) is 65.5 Å². The van der Waals surface area contributed by atoms with Gasteiger partial charge in [-0.05, 0) is 30.3 Å². The summed E-state index contributed by atoms with van der Waals surface area (Å²) >= 11 is 0. The summed E-state index contributed by atoms with van der Waals surface area (Å²) in [5.41, 5.74) is 1.25. The van der Waals surface area contributed by atoms with Gasteiger partial charge >= 0.3 is 0 Å². The Morgan fingerprint density at radius 2 is 1.91 bits per heavy atom. The molecule has 22 heavy (non-hydrogen) atoms. The summed E-state index contributed by atoms with van der Waals surface area (Å²) in [5.74, 6) is -0.936. The number of hydrogen-bond acceptors (Lipinski definition) is 3. The van der Waals surface area contributed by atoms with Crippen LogP contribution in [-0.2, 0) is 13.2 Å². The van der Waals surface area contributed by atoms with Gasteiger partial charge in [-0.15, -0.1) is 0 Å². The Bertz CT molecular complexity index is 817. The SMILES string of the molecule is OCc1nc2ccccc2n1CC(O)c1cc(F)ccc1F. The first-order valence-electron chi connectivity index (χ1n) is 6.78. The molecule has 0 radical (unpaired) electrons. The summed E-state index contributed by atoms with van der Waals surface area (Å²) < 4.78 is 28.6. The number of aliphatic hydroxyl groups is 2. The Labute approximate surface area is 125 Å². The van der Waals surface area contributed by atoms with Crippen molar-refractivity contribution in [2.75, 3.05) is 0 Å². The highest BCUT2D eigenvalue weighted by molar-refractivity contribution is 5.75. The molecule has 1 heterocycles. The Hall–Kier alpha value is -2.31. The molecule has 0 amide bonds. The van der Waals surface area contributed by atoms with E-state index in [1.54, 1.807) is 22.8 Å². The number of imidazole rings is 1. The maximum atomic E-state index is 13.7. The van der Waals surface area contributed by atoms with E-state index in [-0.39, 0.29) is 18.7 Å². The first kappa shape index (κ1) is 14.6. The average Bonchev–Trinajstić information content (AvgIpc) is 2.87. The fourth-order valence-corrected chi connectivity index (χ4v) is 2.49. The third-order valence-electron chi connectivity index (χ3n) is 3.55. The molecule has 0 saturated heterocycles. The number of hydrogen-bond donors (Lipinski definition) is 2. The highest BCUT2D eigenvalue weighted by atomic mass is 19.1. The molecule has 0 bridgehead atoms. The lowest BCUT2D eigenvalue weighted by atomic mass is 10.1. The second-order valence-electron chi connectivity index (χ2n) is 4.97. The summed E-state index contributed by atoms with van der Waals surface area (Å²) in [4.78, 5) is 4.25. The molecule has 4 nitrogen and oxygen atoms in total. The van der Waals surface area contributed by atoms with Crippen LogP contribution in [0.2, 0.25) is 0 Å².